The fraction of sp³-hybridized carbons (Fsp3) is 0.480. The number of thioether (sulfide) groups is 1. The Kier molecular flexibility index (Phi) is 21.1. The van der Waals surface area contributed by atoms with Gasteiger partial charge in [-0.25, -0.2) is 0 Å². The third kappa shape index (κ3) is 14.4. The number of aliphatic hydroxyl groups excluding tert-OH is 1. The minimum atomic E-state index is -2.75. The van der Waals surface area contributed by atoms with Crippen LogP contribution < -0.4 is 15.1 Å². The topological polar surface area (TPSA) is 75.6 Å². The highest BCUT2D eigenvalue weighted by molar-refractivity contribution is 7.98. The average molecular weight is 871 g/mol. The fourth-order valence-corrected chi connectivity index (χ4v) is 15.5. The van der Waals surface area contributed by atoms with Crippen molar-refractivity contribution in [2.75, 3.05) is 32.5 Å². The summed E-state index contributed by atoms with van der Waals surface area (Å²) in [5.74, 6) is 8.03. The van der Waals surface area contributed by atoms with Crippen LogP contribution in [-0.4, -0.2) is 78.7 Å². The van der Waals surface area contributed by atoms with Crippen molar-refractivity contribution in [1.29, 1.82) is 0 Å². The minimum Gasteiger partial charge on any atom is -0.497 e. The SMILES string of the molecule is CC[Si](CC)(CC)O[C@H](COCc1ccc(OC)cc1)[C@H](O)CC#CC[C@H](OCc1ccccc1)[C@H](CCO[Si](c1ccccc1)(c1ccccc1)C(C)(C)C)OCSC. The molecule has 0 radical (unpaired) electrons. The molecule has 0 spiro atoms. The third-order valence-corrected chi connectivity index (χ3v) is 21.6. The van der Waals surface area contributed by atoms with Gasteiger partial charge in [0.25, 0.3) is 8.32 Å². The summed E-state index contributed by atoms with van der Waals surface area (Å²) in [5.41, 5.74) is 2.12. The second-order valence-electron chi connectivity index (χ2n) is 16.3. The Morgan fingerprint density at radius 1 is 0.667 bits per heavy atom. The molecular weight excluding hydrogens is 801 g/mol. The molecule has 0 saturated heterocycles. The lowest BCUT2D eigenvalue weighted by atomic mass is 10.1. The van der Waals surface area contributed by atoms with Gasteiger partial charge < -0.3 is 32.9 Å². The number of methoxy groups -OCH3 is 1. The Labute approximate surface area is 368 Å². The number of ether oxygens (including phenoxy) is 4. The summed E-state index contributed by atoms with van der Waals surface area (Å²) in [5, 5.41) is 14.0. The van der Waals surface area contributed by atoms with Crippen molar-refractivity contribution in [1.82, 2.24) is 0 Å². The predicted octanol–water partition coefficient (Wildman–Crippen LogP) is 10.0. The Morgan fingerprint density at radius 3 is 1.75 bits per heavy atom. The Balaban J connectivity index is 1.54. The minimum absolute atomic E-state index is 0.142. The highest BCUT2D eigenvalue weighted by atomic mass is 32.2. The van der Waals surface area contributed by atoms with Crippen LogP contribution in [0.4, 0.5) is 0 Å². The van der Waals surface area contributed by atoms with Crippen LogP contribution in [0.3, 0.4) is 0 Å². The van der Waals surface area contributed by atoms with E-state index in [1.165, 1.54) is 10.4 Å². The lowest BCUT2D eigenvalue weighted by Gasteiger charge is -2.43. The summed E-state index contributed by atoms with van der Waals surface area (Å²) in [6.07, 6.45) is 1.49. The van der Waals surface area contributed by atoms with Crippen LogP contribution >= 0.6 is 11.8 Å². The van der Waals surface area contributed by atoms with Crippen molar-refractivity contribution in [3.8, 4) is 17.6 Å². The van der Waals surface area contributed by atoms with Gasteiger partial charge >= 0.3 is 0 Å². The van der Waals surface area contributed by atoms with E-state index in [9.17, 15) is 5.11 Å². The van der Waals surface area contributed by atoms with Gasteiger partial charge in [0.2, 0.25) is 0 Å². The van der Waals surface area contributed by atoms with E-state index in [1.807, 2.05) is 48.7 Å². The summed E-state index contributed by atoms with van der Waals surface area (Å²) < 4.78 is 38.9. The quantitative estimate of drug-likeness (QED) is 0.0380. The summed E-state index contributed by atoms with van der Waals surface area (Å²) >= 11 is 1.64. The molecule has 1 N–H and O–H groups in total. The lowest BCUT2D eigenvalue weighted by molar-refractivity contribution is -0.0718. The molecule has 4 atom stereocenters. The highest BCUT2D eigenvalue weighted by Gasteiger charge is 2.50. The van der Waals surface area contributed by atoms with Crippen molar-refractivity contribution in [2.24, 2.45) is 0 Å². The van der Waals surface area contributed by atoms with Crippen LogP contribution in [0.15, 0.2) is 115 Å². The zero-order chi connectivity index (χ0) is 43.3. The van der Waals surface area contributed by atoms with Crippen molar-refractivity contribution < 1.29 is 32.9 Å². The summed E-state index contributed by atoms with van der Waals surface area (Å²) in [6, 6.07) is 42.5. The van der Waals surface area contributed by atoms with E-state index in [0.29, 0.717) is 38.6 Å². The van der Waals surface area contributed by atoms with Crippen molar-refractivity contribution in [2.45, 2.75) is 122 Å². The second-order valence-corrected chi connectivity index (χ2v) is 26.2. The van der Waals surface area contributed by atoms with Gasteiger partial charge in [0.15, 0.2) is 8.32 Å². The molecule has 0 amide bonds. The maximum atomic E-state index is 11.6. The van der Waals surface area contributed by atoms with Crippen molar-refractivity contribution >= 4 is 38.8 Å². The van der Waals surface area contributed by atoms with Gasteiger partial charge in [-0.05, 0) is 69.5 Å². The molecule has 60 heavy (non-hydrogen) atoms. The molecule has 0 aromatic heterocycles. The van der Waals surface area contributed by atoms with E-state index >= 15 is 0 Å². The van der Waals surface area contributed by atoms with Crippen molar-refractivity contribution in [3.05, 3.63) is 126 Å². The molecule has 7 nitrogen and oxygen atoms in total. The molecule has 0 unspecified atom stereocenters. The first-order valence-electron chi connectivity index (χ1n) is 21.6. The van der Waals surface area contributed by atoms with Crippen LogP contribution in [0.5, 0.6) is 5.75 Å². The first-order valence-corrected chi connectivity index (χ1v) is 27.4. The molecule has 10 heteroatoms. The van der Waals surface area contributed by atoms with Gasteiger partial charge in [0, 0.05) is 19.4 Å². The zero-order valence-corrected chi connectivity index (χ0v) is 40.2. The van der Waals surface area contributed by atoms with Gasteiger partial charge in [-0.15, -0.1) is 23.6 Å². The molecule has 4 rings (SSSR count). The first-order chi connectivity index (χ1) is 29.0. The van der Waals surface area contributed by atoms with E-state index in [-0.39, 0.29) is 30.3 Å². The van der Waals surface area contributed by atoms with E-state index in [0.717, 1.165) is 35.0 Å². The maximum absolute atomic E-state index is 11.6. The fourth-order valence-electron chi connectivity index (χ4n) is 7.74. The van der Waals surface area contributed by atoms with Gasteiger partial charge in [-0.3, -0.25) is 0 Å². The van der Waals surface area contributed by atoms with Gasteiger partial charge in [0.1, 0.15) is 5.75 Å². The van der Waals surface area contributed by atoms with E-state index in [2.05, 4.69) is 126 Å². The van der Waals surface area contributed by atoms with Gasteiger partial charge in [-0.2, -0.15) is 0 Å². The molecule has 0 aliphatic heterocycles. The highest BCUT2D eigenvalue weighted by Crippen LogP contribution is 2.37. The summed E-state index contributed by atoms with van der Waals surface area (Å²) in [4.78, 5) is 0. The Bertz CT molecular complexity index is 1760. The standard InChI is InChI=1S/C50H70O7SSi2/c1-9-59(10-2,11-3)57-49(39-53-37-42-31-33-43(52-7)34-32-42)46(51)29-21-22-30-47(54-38-41-23-15-12-16-24-41)48(55-40-58-8)35-36-56-60(50(4,5)6,44-25-17-13-18-26-44)45-27-19-14-20-28-45/h12-20,23-28,31-34,46-49,51H,9-11,29-30,35-40H2,1-8H3/t46-,47+,48+,49-/m1/s1. The summed E-state index contributed by atoms with van der Waals surface area (Å²) in [7, 11) is -3.15. The zero-order valence-electron chi connectivity index (χ0n) is 37.4. The van der Waals surface area contributed by atoms with Gasteiger partial charge in [-0.1, -0.05) is 145 Å². The molecular formula is C50H70O7SSi2. The van der Waals surface area contributed by atoms with Crippen LogP contribution in [0.25, 0.3) is 0 Å². The molecule has 0 saturated carbocycles. The monoisotopic (exact) mass is 870 g/mol. The van der Waals surface area contributed by atoms with Crippen molar-refractivity contribution in [3.63, 3.8) is 0 Å². The molecule has 0 bridgehead atoms. The van der Waals surface area contributed by atoms with Gasteiger partial charge in [0.05, 0.1) is 57.3 Å². The number of aliphatic hydroxyl groups is 1. The van der Waals surface area contributed by atoms with E-state index in [4.69, 9.17) is 27.8 Å². The number of rotatable bonds is 26. The molecule has 0 aliphatic rings. The number of hydrogen-bond acceptors (Lipinski definition) is 8. The maximum Gasteiger partial charge on any atom is 0.261 e. The largest absolute Gasteiger partial charge is 0.497 e. The molecule has 4 aromatic carbocycles. The molecule has 326 valence electrons. The van der Waals surface area contributed by atoms with Crippen LogP contribution in [-0.2, 0) is 36.3 Å². The average Bonchev–Trinajstić information content (AvgIpc) is 3.28. The van der Waals surface area contributed by atoms with E-state index in [1.54, 1.807) is 18.9 Å². The smallest absolute Gasteiger partial charge is 0.261 e. The first kappa shape index (κ1) is 49.4. The molecule has 0 fully saturated rings. The molecule has 0 aliphatic carbocycles. The van der Waals surface area contributed by atoms with Crippen LogP contribution in [0.1, 0.15) is 71.9 Å². The second kappa shape index (κ2) is 25.7. The third-order valence-electron chi connectivity index (χ3n) is 11.5. The summed E-state index contributed by atoms with van der Waals surface area (Å²) in [6.45, 7) is 15.1. The van der Waals surface area contributed by atoms with Crippen LogP contribution in [0, 0.1) is 11.8 Å². The number of benzene rings is 4. The normalized spacial score (nSPS) is 14.2. The predicted molar refractivity (Wildman–Crippen MR) is 254 cm³/mol. The number of hydrogen-bond donors (Lipinski definition) is 1. The van der Waals surface area contributed by atoms with E-state index < -0.39 is 28.8 Å². The Hall–Kier alpha value is -3.22. The van der Waals surface area contributed by atoms with Crippen LogP contribution in [0.2, 0.25) is 23.2 Å². The Morgan fingerprint density at radius 2 is 1.22 bits per heavy atom. The molecule has 4 aromatic rings. The molecule has 0 heterocycles. The lowest BCUT2D eigenvalue weighted by Crippen LogP contribution is -2.66.